The van der Waals surface area contributed by atoms with E-state index < -0.39 is 0 Å². The Kier molecular flexibility index (Phi) is 3.60. The lowest BCUT2D eigenvalue weighted by atomic mass is 10.0. The normalized spacial score (nSPS) is 14.6. The van der Waals surface area contributed by atoms with Gasteiger partial charge in [0.05, 0.1) is 0 Å². The maximum absolute atomic E-state index is 13.5. The van der Waals surface area contributed by atoms with Gasteiger partial charge in [-0.3, -0.25) is 0 Å². The van der Waals surface area contributed by atoms with Gasteiger partial charge in [-0.15, -0.1) is 0 Å². The van der Waals surface area contributed by atoms with Crippen LogP contribution in [-0.2, 0) is 13.1 Å². The standard InChI is InChI=1S/C17H18FN/c18-17-8-4-2-6-15(17)12-19-11-14-5-1-3-7-16(14)13-9-10-13/h1-8,13,19H,9-12H2. The van der Waals surface area contributed by atoms with E-state index >= 15 is 0 Å². The zero-order valence-electron chi connectivity index (χ0n) is 10.9. The second kappa shape index (κ2) is 5.54. The molecular formula is C17H18FN. The highest BCUT2D eigenvalue weighted by Gasteiger charge is 2.25. The first-order valence-corrected chi connectivity index (χ1v) is 6.86. The Balaban J connectivity index is 1.62. The van der Waals surface area contributed by atoms with Gasteiger partial charge in [0.15, 0.2) is 0 Å². The van der Waals surface area contributed by atoms with Crippen molar-refractivity contribution in [3.05, 3.63) is 71.0 Å². The second-order valence-electron chi connectivity index (χ2n) is 5.17. The summed E-state index contributed by atoms with van der Waals surface area (Å²) in [6.45, 7) is 1.38. The quantitative estimate of drug-likeness (QED) is 0.851. The monoisotopic (exact) mass is 255 g/mol. The molecule has 0 aromatic heterocycles. The summed E-state index contributed by atoms with van der Waals surface area (Å²) in [5.74, 6) is 0.622. The van der Waals surface area contributed by atoms with Gasteiger partial charge in [0.2, 0.25) is 0 Å². The molecule has 0 radical (unpaired) electrons. The lowest BCUT2D eigenvalue weighted by Gasteiger charge is -2.10. The summed E-state index contributed by atoms with van der Waals surface area (Å²) in [6, 6.07) is 15.5. The summed E-state index contributed by atoms with van der Waals surface area (Å²) in [7, 11) is 0. The van der Waals surface area contributed by atoms with Gasteiger partial charge in [0.25, 0.3) is 0 Å². The SMILES string of the molecule is Fc1ccccc1CNCc1ccccc1C1CC1. The van der Waals surface area contributed by atoms with Crippen molar-refractivity contribution in [1.29, 1.82) is 0 Å². The minimum absolute atomic E-state index is 0.134. The third kappa shape index (κ3) is 3.02. The number of rotatable bonds is 5. The first-order chi connectivity index (χ1) is 9.34. The van der Waals surface area contributed by atoms with Crippen LogP contribution in [0.1, 0.15) is 35.4 Å². The van der Waals surface area contributed by atoms with Crippen LogP contribution in [0.4, 0.5) is 4.39 Å². The molecule has 0 bridgehead atoms. The maximum atomic E-state index is 13.5. The summed E-state index contributed by atoms with van der Waals surface area (Å²) >= 11 is 0. The third-order valence-corrected chi connectivity index (χ3v) is 3.66. The molecule has 1 N–H and O–H groups in total. The molecule has 1 aliphatic carbocycles. The first kappa shape index (κ1) is 12.4. The maximum Gasteiger partial charge on any atom is 0.127 e. The van der Waals surface area contributed by atoms with Crippen molar-refractivity contribution in [3.63, 3.8) is 0 Å². The van der Waals surface area contributed by atoms with Gasteiger partial charge in [0, 0.05) is 18.7 Å². The molecule has 1 saturated carbocycles. The van der Waals surface area contributed by atoms with Crippen LogP contribution in [0.3, 0.4) is 0 Å². The molecule has 1 nitrogen and oxygen atoms in total. The molecule has 0 aliphatic heterocycles. The minimum Gasteiger partial charge on any atom is -0.309 e. The Morgan fingerprint density at radius 1 is 0.895 bits per heavy atom. The number of halogens is 1. The van der Waals surface area contributed by atoms with Crippen LogP contribution in [-0.4, -0.2) is 0 Å². The van der Waals surface area contributed by atoms with Gasteiger partial charge < -0.3 is 5.32 Å². The predicted octanol–water partition coefficient (Wildman–Crippen LogP) is 3.99. The van der Waals surface area contributed by atoms with Crippen LogP contribution in [0.15, 0.2) is 48.5 Å². The molecule has 2 aromatic carbocycles. The second-order valence-corrected chi connectivity index (χ2v) is 5.17. The number of hydrogen-bond donors (Lipinski definition) is 1. The Morgan fingerprint density at radius 3 is 2.26 bits per heavy atom. The third-order valence-electron chi connectivity index (χ3n) is 3.66. The summed E-state index contributed by atoms with van der Waals surface area (Å²) in [6.07, 6.45) is 2.62. The van der Waals surface area contributed by atoms with Crippen molar-refractivity contribution >= 4 is 0 Å². The molecule has 98 valence electrons. The molecule has 1 fully saturated rings. The van der Waals surface area contributed by atoms with Crippen LogP contribution in [0, 0.1) is 5.82 Å². The predicted molar refractivity (Wildman–Crippen MR) is 75.4 cm³/mol. The van der Waals surface area contributed by atoms with Gasteiger partial charge >= 0.3 is 0 Å². The fraction of sp³-hybridized carbons (Fsp3) is 0.294. The molecule has 0 unspecified atom stereocenters. The molecule has 0 amide bonds. The van der Waals surface area contributed by atoms with E-state index in [2.05, 4.69) is 29.6 Å². The van der Waals surface area contributed by atoms with Gasteiger partial charge in [-0.25, -0.2) is 4.39 Å². The lowest BCUT2D eigenvalue weighted by molar-refractivity contribution is 0.587. The highest BCUT2D eigenvalue weighted by atomic mass is 19.1. The van der Waals surface area contributed by atoms with Gasteiger partial charge in [-0.05, 0) is 36.0 Å². The first-order valence-electron chi connectivity index (χ1n) is 6.86. The molecule has 2 aromatic rings. The van der Waals surface area contributed by atoms with Crippen molar-refractivity contribution in [3.8, 4) is 0 Å². The number of nitrogens with one attached hydrogen (secondary N) is 1. The van der Waals surface area contributed by atoms with E-state index in [0.29, 0.717) is 6.54 Å². The van der Waals surface area contributed by atoms with E-state index in [9.17, 15) is 4.39 Å². The highest BCUT2D eigenvalue weighted by Crippen LogP contribution is 2.41. The van der Waals surface area contributed by atoms with Crippen molar-refractivity contribution in [2.45, 2.75) is 31.8 Å². The smallest absolute Gasteiger partial charge is 0.127 e. The average molecular weight is 255 g/mol. The van der Waals surface area contributed by atoms with Gasteiger partial charge in [0.1, 0.15) is 5.82 Å². The molecule has 0 spiro atoms. The van der Waals surface area contributed by atoms with Crippen molar-refractivity contribution in [2.24, 2.45) is 0 Å². The molecule has 0 saturated heterocycles. The van der Waals surface area contributed by atoms with E-state index in [-0.39, 0.29) is 5.82 Å². The number of hydrogen-bond acceptors (Lipinski definition) is 1. The Hall–Kier alpha value is -1.67. The summed E-state index contributed by atoms with van der Waals surface area (Å²) < 4.78 is 13.5. The summed E-state index contributed by atoms with van der Waals surface area (Å²) in [4.78, 5) is 0. The fourth-order valence-electron chi connectivity index (χ4n) is 2.46. The van der Waals surface area contributed by atoms with Crippen LogP contribution in [0.25, 0.3) is 0 Å². The van der Waals surface area contributed by atoms with E-state index in [1.807, 2.05) is 12.1 Å². The van der Waals surface area contributed by atoms with Crippen molar-refractivity contribution in [1.82, 2.24) is 5.32 Å². The Labute approximate surface area is 113 Å². The molecule has 19 heavy (non-hydrogen) atoms. The lowest BCUT2D eigenvalue weighted by Crippen LogP contribution is -2.14. The topological polar surface area (TPSA) is 12.0 Å². The van der Waals surface area contributed by atoms with Crippen molar-refractivity contribution in [2.75, 3.05) is 0 Å². The largest absolute Gasteiger partial charge is 0.309 e. The Morgan fingerprint density at radius 2 is 1.53 bits per heavy atom. The average Bonchev–Trinajstić information content (AvgIpc) is 3.26. The van der Waals surface area contributed by atoms with E-state index in [4.69, 9.17) is 0 Å². The zero-order chi connectivity index (χ0) is 13.1. The molecule has 2 heteroatoms. The fourth-order valence-corrected chi connectivity index (χ4v) is 2.46. The molecular weight excluding hydrogens is 237 g/mol. The van der Waals surface area contributed by atoms with Gasteiger partial charge in [-0.1, -0.05) is 42.5 Å². The van der Waals surface area contributed by atoms with E-state index in [0.717, 1.165) is 18.0 Å². The summed E-state index contributed by atoms with van der Waals surface area (Å²) in [5, 5.41) is 3.34. The van der Waals surface area contributed by atoms with Crippen LogP contribution < -0.4 is 5.32 Å². The van der Waals surface area contributed by atoms with E-state index in [1.165, 1.54) is 30.0 Å². The zero-order valence-corrected chi connectivity index (χ0v) is 10.9. The molecule has 1 aliphatic rings. The van der Waals surface area contributed by atoms with Crippen LogP contribution >= 0.6 is 0 Å². The summed E-state index contributed by atoms with van der Waals surface area (Å²) in [5.41, 5.74) is 3.54. The highest BCUT2D eigenvalue weighted by molar-refractivity contribution is 5.33. The van der Waals surface area contributed by atoms with Crippen molar-refractivity contribution < 1.29 is 4.39 Å². The Bertz CT molecular complexity index is 561. The van der Waals surface area contributed by atoms with Gasteiger partial charge in [-0.2, -0.15) is 0 Å². The minimum atomic E-state index is -0.134. The van der Waals surface area contributed by atoms with Crippen LogP contribution in [0.2, 0.25) is 0 Å². The molecule has 0 atom stereocenters. The molecule has 0 heterocycles. The van der Waals surface area contributed by atoms with E-state index in [1.54, 1.807) is 6.07 Å². The van der Waals surface area contributed by atoms with Crippen LogP contribution in [0.5, 0.6) is 0 Å². The molecule has 3 rings (SSSR count). The number of benzene rings is 2.